The highest BCUT2D eigenvalue weighted by atomic mass is 16.7. The van der Waals surface area contributed by atoms with E-state index in [2.05, 4.69) is 10.2 Å². The number of guanidine groups is 1. The summed E-state index contributed by atoms with van der Waals surface area (Å²) in [5.74, 6) is -0.282. The Morgan fingerprint density at radius 3 is 2.69 bits per heavy atom. The van der Waals surface area contributed by atoms with Gasteiger partial charge in [0.1, 0.15) is 5.75 Å². The van der Waals surface area contributed by atoms with Crippen LogP contribution in [0.15, 0.2) is 34.5 Å². The molecule has 1 aromatic rings. The van der Waals surface area contributed by atoms with Crippen LogP contribution in [0.4, 0.5) is 0 Å². The van der Waals surface area contributed by atoms with E-state index in [9.17, 15) is 10.1 Å². The fourth-order valence-corrected chi connectivity index (χ4v) is 0.834. The molecule has 0 saturated carbocycles. The first-order valence-corrected chi connectivity index (χ1v) is 4.14. The van der Waals surface area contributed by atoms with Crippen molar-refractivity contribution in [2.24, 2.45) is 15.9 Å². The molecule has 0 spiro atoms. The van der Waals surface area contributed by atoms with Crippen molar-refractivity contribution in [3.63, 3.8) is 0 Å². The summed E-state index contributed by atoms with van der Waals surface area (Å²) < 4.78 is 0. The van der Waals surface area contributed by atoms with E-state index in [4.69, 9.17) is 10.8 Å². The summed E-state index contributed by atoms with van der Waals surface area (Å²) in [6.07, 6.45) is 1.34. The average molecular weight is 223 g/mol. The molecule has 0 unspecified atom stereocenters. The van der Waals surface area contributed by atoms with Gasteiger partial charge in [0.15, 0.2) is 5.03 Å². The molecule has 0 aromatic heterocycles. The molecule has 0 fully saturated rings. The lowest BCUT2D eigenvalue weighted by Gasteiger charge is -1.93. The molecule has 0 bridgehead atoms. The zero-order valence-corrected chi connectivity index (χ0v) is 8.07. The lowest BCUT2D eigenvalue weighted by atomic mass is 10.2. The number of nitrogens with two attached hydrogens (primary N) is 1. The highest BCUT2D eigenvalue weighted by Crippen LogP contribution is 2.07. The van der Waals surface area contributed by atoms with E-state index in [1.807, 2.05) is 0 Å². The summed E-state index contributed by atoms with van der Waals surface area (Å²) in [5.41, 5.74) is 7.42. The van der Waals surface area contributed by atoms with Gasteiger partial charge in [-0.2, -0.15) is 5.10 Å². The third kappa shape index (κ3) is 4.05. The van der Waals surface area contributed by atoms with Crippen LogP contribution in [0.3, 0.4) is 0 Å². The number of benzene rings is 1. The number of hydrazine groups is 1. The molecule has 0 aliphatic rings. The van der Waals surface area contributed by atoms with E-state index in [0.717, 1.165) is 0 Å². The lowest BCUT2D eigenvalue weighted by molar-refractivity contribution is -0.525. The summed E-state index contributed by atoms with van der Waals surface area (Å²) >= 11 is 0. The van der Waals surface area contributed by atoms with Gasteiger partial charge in [-0.25, -0.2) is 10.1 Å². The van der Waals surface area contributed by atoms with Crippen LogP contribution in [0.25, 0.3) is 0 Å². The van der Waals surface area contributed by atoms with Gasteiger partial charge in [0.05, 0.1) is 6.21 Å². The van der Waals surface area contributed by atoms with E-state index in [1.54, 1.807) is 17.6 Å². The van der Waals surface area contributed by atoms with Gasteiger partial charge in [0.2, 0.25) is 0 Å². The number of nitrogens with one attached hydrogen (secondary N) is 1. The van der Waals surface area contributed by atoms with Gasteiger partial charge < -0.3 is 10.8 Å². The third-order valence-corrected chi connectivity index (χ3v) is 1.47. The van der Waals surface area contributed by atoms with Crippen molar-refractivity contribution in [1.29, 1.82) is 0 Å². The minimum absolute atomic E-state index is 0.134. The average Bonchev–Trinajstić information content (AvgIpc) is 2.20. The molecule has 0 atom stereocenters. The third-order valence-electron chi connectivity index (χ3n) is 1.47. The van der Waals surface area contributed by atoms with Crippen molar-refractivity contribution >= 4 is 12.2 Å². The van der Waals surface area contributed by atoms with Crippen LogP contribution in [-0.4, -0.2) is 22.3 Å². The first kappa shape index (κ1) is 11.4. The van der Waals surface area contributed by atoms with Crippen molar-refractivity contribution in [2.75, 3.05) is 0 Å². The van der Waals surface area contributed by atoms with Crippen molar-refractivity contribution in [1.82, 2.24) is 5.43 Å². The second-order valence-corrected chi connectivity index (χ2v) is 2.69. The molecule has 0 radical (unpaired) electrons. The monoisotopic (exact) mass is 223 g/mol. The molecular weight excluding hydrogens is 214 g/mol. The molecule has 16 heavy (non-hydrogen) atoms. The number of phenolic OH excluding ortho intramolecular Hbond substituents is 1. The molecule has 0 amide bonds. The van der Waals surface area contributed by atoms with E-state index >= 15 is 0 Å². The second kappa shape index (κ2) is 5.29. The number of hydrogen-bond acceptors (Lipinski definition) is 5. The minimum atomic E-state index is -0.838. The maximum absolute atomic E-state index is 9.93. The van der Waals surface area contributed by atoms with Crippen LogP contribution in [0.5, 0.6) is 5.75 Å². The van der Waals surface area contributed by atoms with Crippen LogP contribution in [0.1, 0.15) is 5.56 Å². The number of rotatable bonds is 3. The minimum Gasteiger partial charge on any atom is -0.508 e. The second-order valence-electron chi connectivity index (χ2n) is 2.69. The Bertz CT molecular complexity index is 426. The summed E-state index contributed by atoms with van der Waals surface area (Å²) in [5, 5.41) is 24.9. The highest BCUT2D eigenvalue weighted by molar-refractivity contribution is 5.81. The zero-order valence-electron chi connectivity index (χ0n) is 8.07. The van der Waals surface area contributed by atoms with E-state index in [0.29, 0.717) is 5.56 Å². The number of nitrogens with zero attached hydrogens (tertiary/aromatic N) is 3. The van der Waals surface area contributed by atoms with Crippen LogP contribution < -0.4 is 11.2 Å². The molecule has 1 aromatic carbocycles. The van der Waals surface area contributed by atoms with Crippen LogP contribution in [-0.2, 0) is 0 Å². The van der Waals surface area contributed by atoms with Crippen molar-refractivity contribution in [2.45, 2.75) is 0 Å². The number of hydrogen-bond donors (Lipinski definition) is 3. The molecule has 84 valence electrons. The Hall–Kier alpha value is -2.64. The standard InChI is InChI=1S/C8H9N5O3/c9-8(12-13(15)16)11-10-5-6-1-3-7(14)4-2-6/h1-5,14H,(H3,9,11,12). The zero-order chi connectivity index (χ0) is 12.0. The summed E-state index contributed by atoms with van der Waals surface area (Å²) in [6, 6.07) is 6.16. The maximum atomic E-state index is 9.93. The fourth-order valence-electron chi connectivity index (χ4n) is 0.834. The fraction of sp³-hybridized carbons (Fsp3) is 0. The van der Waals surface area contributed by atoms with E-state index in [-0.39, 0.29) is 5.75 Å². The smallest absolute Gasteiger partial charge is 0.275 e. The number of nitro groups is 1. The van der Waals surface area contributed by atoms with Crippen LogP contribution in [0.2, 0.25) is 0 Å². The van der Waals surface area contributed by atoms with Gasteiger partial charge in [-0.05, 0) is 29.8 Å². The molecule has 0 heterocycles. The summed E-state index contributed by atoms with van der Waals surface area (Å²) in [7, 11) is 0. The first-order valence-electron chi connectivity index (χ1n) is 4.14. The highest BCUT2D eigenvalue weighted by Gasteiger charge is 1.96. The molecule has 0 aliphatic heterocycles. The Balaban J connectivity index is 2.60. The molecule has 0 aliphatic carbocycles. The van der Waals surface area contributed by atoms with Gasteiger partial charge in [-0.15, -0.1) is 5.10 Å². The number of phenols is 1. The van der Waals surface area contributed by atoms with Crippen LogP contribution in [0, 0.1) is 10.1 Å². The Kier molecular flexibility index (Phi) is 3.78. The van der Waals surface area contributed by atoms with Crippen molar-refractivity contribution in [3.05, 3.63) is 39.9 Å². The topological polar surface area (TPSA) is 126 Å². The molecule has 1 rings (SSSR count). The van der Waals surface area contributed by atoms with Crippen LogP contribution >= 0.6 is 0 Å². The molecule has 8 heteroatoms. The van der Waals surface area contributed by atoms with Gasteiger partial charge in [-0.1, -0.05) is 5.43 Å². The quantitative estimate of drug-likeness (QED) is 0.283. The van der Waals surface area contributed by atoms with Crippen molar-refractivity contribution in [3.8, 4) is 5.75 Å². The maximum Gasteiger partial charge on any atom is 0.275 e. The van der Waals surface area contributed by atoms with Gasteiger partial charge >= 0.3 is 0 Å². The van der Waals surface area contributed by atoms with Gasteiger partial charge in [0, 0.05) is 0 Å². The Morgan fingerprint density at radius 1 is 1.50 bits per heavy atom. The molecule has 4 N–H and O–H groups in total. The number of aromatic hydroxyl groups is 1. The molecule has 0 saturated heterocycles. The summed E-state index contributed by atoms with van der Waals surface area (Å²) in [6.45, 7) is 0. The largest absolute Gasteiger partial charge is 0.508 e. The molecule has 8 nitrogen and oxygen atoms in total. The lowest BCUT2D eigenvalue weighted by Crippen LogP contribution is -2.35. The van der Waals surface area contributed by atoms with E-state index < -0.39 is 11.0 Å². The normalized spacial score (nSPS) is 11.6. The first-order chi connectivity index (χ1) is 7.58. The predicted octanol–water partition coefficient (Wildman–Crippen LogP) is -0.178. The summed E-state index contributed by atoms with van der Waals surface area (Å²) in [4.78, 5) is 9.93. The van der Waals surface area contributed by atoms with E-state index in [1.165, 1.54) is 18.3 Å². The Morgan fingerprint density at radius 2 is 2.12 bits per heavy atom. The molecular formula is C8H9N5O3. The Labute approximate surface area is 90.2 Å². The van der Waals surface area contributed by atoms with Gasteiger partial charge in [0.25, 0.3) is 5.96 Å². The van der Waals surface area contributed by atoms with Crippen molar-refractivity contribution < 1.29 is 10.1 Å². The van der Waals surface area contributed by atoms with Gasteiger partial charge in [-0.3, -0.25) is 0 Å². The predicted molar refractivity (Wildman–Crippen MR) is 57.5 cm³/mol. The SMILES string of the molecule is NC(=NN=Cc1ccc(O)cc1)N[N+](=O)[O-].